The van der Waals surface area contributed by atoms with Gasteiger partial charge in [-0.1, -0.05) is 11.6 Å². The van der Waals surface area contributed by atoms with E-state index in [1.54, 1.807) is 0 Å². The van der Waals surface area contributed by atoms with Crippen LogP contribution in [-0.4, -0.2) is 42.0 Å². The molecule has 4 heterocycles. The number of thiophene rings is 1. The average Bonchev–Trinajstić information content (AvgIpc) is 3.28. The lowest BCUT2D eigenvalue weighted by atomic mass is 9.78. The van der Waals surface area contributed by atoms with Gasteiger partial charge < -0.3 is 15.2 Å². The van der Waals surface area contributed by atoms with Gasteiger partial charge in [0, 0.05) is 42.5 Å². The zero-order valence-corrected chi connectivity index (χ0v) is 14.5. The Labute approximate surface area is 144 Å². The molecule has 0 saturated carbocycles. The molecule has 2 aliphatic heterocycles. The van der Waals surface area contributed by atoms with Gasteiger partial charge in [-0.2, -0.15) is 0 Å². The van der Waals surface area contributed by atoms with Gasteiger partial charge in [0.15, 0.2) is 0 Å². The van der Waals surface area contributed by atoms with E-state index in [0.717, 1.165) is 59.4 Å². The highest BCUT2D eigenvalue weighted by Gasteiger charge is 2.38. The fourth-order valence-electron chi connectivity index (χ4n) is 3.78. The number of aromatic nitrogens is 1. The van der Waals surface area contributed by atoms with E-state index < -0.39 is 0 Å². The molecule has 0 unspecified atom stereocenters. The second-order valence-corrected chi connectivity index (χ2v) is 8.32. The van der Waals surface area contributed by atoms with Crippen molar-refractivity contribution in [1.29, 1.82) is 0 Å². The zero-order chi connectivity index (χ0) is 15.9. The number of aromatic amines is 1. The van der Waals surface area contributed by atoms with E-state index in [-0.39, 0.29) is 5.91 Å². The maximum absolute atomic E-state index is 12.9. The van der Waals surface area contributed by atoms with Crippen molar-refractivity contribution in [2.45, 2.75) is 19.3 Å². The van der Waals surface area contributed by atoms with Gasteiger partial charge in [0.25, 0.3) is 5.91 Å². The third-order valence-corrected chi connectivity index (χ3v) is 6.52. The van der Waals surface area contributed by atoms with Crippen LogP contribution in [-0.2, 0) is 0 Å². The quantitative estimate of drug-likeness (QED) is 0.870. The Morgan fingerprint density at radius 3 is 2.70 bits per heavy atom. The van der Waals surface area contributed by atoms with Gasteiger partial charge in [0.05, 0.1) is 9.90 Å². The number of hydrogen-bond donors (Lipinski definition) is 2. The molecule has 0 radical (unpaired) electrons. The highest BCUT2D eigenvalue weighted by Crippen LogP contribution is 2.38. The fraction of sp³-hybridized carbons (Fsp3) is 0.471. The van der Waals surface area contributed by atoms with Crippen molar-refractivity contribution in [2.75, 3.05) is 26.2 Å². The van der Waals surface area contributed by atoms with Gasteiger partial charge in [-0.15, -0.1) is 11.3 Å². The Hall–Kier alpha value is -1.30. The van der Waals surface area contributed by atoms with Crippen molar-refractivity contribution in [2.24, 2.45) is 5.41 Å². The molecule has 23 heavy (non-hydrogen) atoms. The van der Waals surface area contributed by atoms with E-state index in [1.807, 2.05) is 29.4 Å². The molecule has 0 aromatic carbocycles. The Kier molecular flexibility index (Phi) is 3.95. The van der Waals surface area contributed by atoms with Gasteiger partial charge in [-0.3, -0.25) is 4.79 Å². The predicted octanol–water partition coefficient (Wildman–Crippen LogP) is 3.61. The van der Waals surface area contributed by atoms with Crippen LogP contribution in [0.5, 0.6) is 0 Å². The molecule has 122 valence electrons. The van der Waals surface area contributed by atoms with Crippen molar-refractivity contribution < 1.29 is 4.79 Å². The molecule has 2 aromatic rings. The number of amides is 1. The first-order valence-corrected chi connectivity index (χ1v) is 9.29. The number of likely N-dealkylation sites (tertiary alicyclic amines) is 1. The summed E-state index contributed by atoms with van der Waals surface area (Å²) in [4.78, 5) is 19.0. The van der Waals surface area contributed by atoms with Crippen LogP contribution in [0.2, 0.25) is 4.34 Å². The fourth-order valence-corrected chi connectivity index (χ4v) is 4.85. The number of carbonyl (C=O) groups is 1. The summed E-state index contributed by atoms with van der Waals surface area (Å²) in [6.07, 6.45) is 7.17. The molecule has 2 aromatic heterocycles. The number of piperidine rings is 1. The molecular weight excluding hydrogens is 330 g/mol. The van der Waals surface area contributed by atoms with Crippen LogP contribution in [0.4, 0.5) is 0 Å². The number of nitrogens with one attached hydrogen (secondary N) is 2. The molecule has 1 spiro atoms. The normalized spacial score (nSPS) is 20.3. The first kappa shape index (κ1) is 15.2. The summed E-state index contributed by atoms with van der Waals surface area (Å²) in [5, 5.41) is 3.47. The maximum atomic E-state index is 12.9. The molecule has 0 bridgehead atoms. The van der Waals surface area contributed by atoms with Crippen LogP contribution in [0.1, 0.15) is 29.6 Å². The first-order chi connectivity index (χ1) is 11.2. The maximum Gasteiger partial charge on any atom is 0.256 e. The number of hydrogen-bond acceptors (Lipinski definition) is 3. The highest BCUT2D eigenvalue weighted by atomic mass is 35.5. The van der Waals surface area contributed by atoms with Gasteiger partial charge in [-0.25, -0.2) is 0 Å². The molecule has 2 N–H and O–H groups in total. The minimum atomic E-state index is 0.131. The minimum absolute atomic E-state index is 0.131. The van der Waals surface area contributed by atoms with Crippen molar-refractivity contribution in [1.82, 2.24) is 15.2 Å². The van der Waals surface area contributed by atoms with E-state index in [9.17, 15) is 4.79 Å². The smallest absolute Gasteiger partial charge is 0.256 e. The number of halogens is 1. The topological polar surface area (TPSA) is 48.1 Å². The standard InChI is InChI=1S/C17H20ClN3OS/c18-15-2-1-14(23-15)12-9-20-10-13(12)16(22)21-7-4-17(5-8-21)3-6-19-11-17/h1-2,9-10,19-20H,3-8,11H2. The van der Waals surface area contributed by atoms with E-state index in [0.29, 0.717) is 5.41 Å². The molecule has 0 aliphatic carbocycles. The van der Waals surface area contributed by atoms with Crippen LogP contribution in [0.3, 0.4) is 0 Å². The largest absolute Gasteiger partial charge is 0.366 e. The number of H-pyrrole nitrogens is 1. The molecule has 4 rings (SSSR count). The molecule has 1 amide bonds. The lowest BCUT2D eigenvalue weighted by Gasteiger charge is -2.38. The molecule has 2 saturated heterocycles. The van der Waals surface area contributed by atoms with Crippen LogP contribution in [0.25, 0.3) is 10.4 Å². The number of nitrogens with zero attached hydrogens (tertiary/aromatic N) is 1. The third-order valence-electron chi connectivity index (χ3n) is 5.26. The molecule has 6 heteroatoms. The summed E-state index contributed by atoms with van der Waals surface area (Å²) in [7, 11) is 0. The van der Waals surface area contributed by atoms with Crippen molar-refractivity contribution in [3.8, 4) is 10.4 Å². The second kappa shape index (κ2) is 5.96. The van der Waals surface area contributed by atoms with Crippen molar-refractivity contribution in [3.63, 3.8) is 0 Å². The van der Waals surface area contributed by atoms with Gasteiger partial charge >= 0.3 is 0 Å². The molecular formula is C17H20ClN3OS. The molecule has 2 aliphatic rings. The highest BCUT2D eigenvalue weighted by molar-refractivity contribution is 7.19. The lowest BCUT2D eigenvalue weighted by molar-refractivity contribution is 0.0608. The van der Waals surface area contributed by atoms with Crippen LogP contribution < -0.4 is 5.32 Å². The zero-order valence-electron chi connectivity index (χ0n) is 12.9. The SMILES string of the molecule is O=C(c1c[nH]cc1-c1ccc(Cl)s1)N1CCC2(CCNC2)CC1. The monoisotopic (exact) mass is 349 g/mol. The summed E-state index contributed by atoms with van der Waals surface area (Å²) in [5.74, 6) is 0.131. The summed E-state index contributed by atoms with van der Waals surface area (Å²) >= 11 is 7.54. The predicted molar refractivity (Wildman–Crippen MR) is 94.2 cm³/mol. The van der Waals surface area contributed by atoms with E-state index in [2.05, 4.69) is 10.3 Å². The van der Waals surface area contributed by atoms with Gasteiger partial charge in [-0.05, 0) is 43.4 Å². The van der Waals surface area contributed by atoms with Gasteiger partial charge in [0.1, 0.15) is 0 Å². The lowest BCUT2D eigenvalue weighted by Crippen LogP contribution is -2.44. The molecule has 0 atom stereocenters. The summed E-state index contributed by atoms with van der Waals surface area (Å²) < 4.78 is 0.744. The summed E-state index contributed by atoms with van der Waals surface area (Å²) in [6.45, 7) is 3.94. The molecule has 2 fully saturated rings. The second-order valence-electron chi connectivity index (χ2n) is 6.61. The molecule has 4 nitrogen and oxygen atoms in total. The van der Waals surface area contributed by atoms with E-state index >= 15 is 0 Å². The van der Waals surface area contributed by atoms with Crippen LogP contribution in [0, 0.1) is 5.41 Å². The Bertz CT molecular complexity index is 707. The number of carbonyl (C=O) groups excluding carboxylic acids is 1. The van der Waals surface area contributed by atoms with Gasteiger partial charge in [0.2, 0.25) is 0 Å². The summed E-state index contributed by atoms with van der Waals surface area (Å²) in [5.41, 5.74) is 2.14. The van der Waals surface area contributed by atoms with Crippen LogP contribution in [0.15, 0.2) is 24.5 Å². The van der Waals surface area contributed by atoms with Crippen molar-refractivity contribution in [3.05, 3.63) is 34.4 Å². The van der Waals surface area contributed by atoms with Crippen molar-refractivity contribution >= 4 is 28.8 Å². The minimum Gasteiger partial charge on any atom is -0.366 e. The van der Waals surface area contributed by atoms with E-state index in [4.69, 9.17) is 11.6 Å². The summed E-state index contributed by atoms with van der Waals surface area (Å²) in [6, 6.07) is 3.85. The average molecular weight is 350 g/mol. The number of rotatable bonds is 2. The Balaban J connectivity index is 1.51. The van der Waals surface area contributed by atoms with Crippen LogP contribution >= 0.6 is 22.9 Å². The van der Waals surface area contributed by atoms with E-state index in [1.165, 1.54) is 17.8 Å². The first-order valence-electron chi connectivity index (χ1n) is 8.09. The Morgan fingerprint density at radius 1 is 1.22 bits per heavy atom. The Morgan fingerprint density at radius 2 is 2.04 bits per heavy atom. The third kappa shape index (κ3) is 2.82.